The Hall–Kier alpha value is -3.70. The fraction of sp³-hybridized carbons (Fsp3) is 0.259. The molecule has 2 bridgehead atoms. The summed E-state index contributed by atoms with van der Waals surface area (Å²) in [5.41, 5.74) is 1.67. The van der Waals surface area contributed by atoms with Crippen molar-refractivity contribution in [1.82, 2.24) is 4.98 Å². The van der Waals surface area contributed by atoms with Gasteiger partial charge in [0.2, 0.25) is 0 Å². The standard InChI is InChI=1S/C27H22N2O5/c28-14-17-9-18-11-20(6-7-22(18)23(10-17)24-4-2-8-31-24)32-15-19-3-1-5-25(29-19)27(30)12-21-16-33-26(13-27)34-21/h1-11,21,26,30H,12-13,15-16H2/t21-,26+,27-/m1/s1. The Morgan fingerprint density at radius 2 is 2.06 bits per heavy atom. The minimum Gasteiger partial charge on any atom is -0.487 e. The van der Waals surface area contributed by atoms with Crippen molar-refractivity contribution in [1.29, 1.82) is 5.26 Å². The summed E-state index contributed by atoms with van der Waals surface area (Å²) in [4.78, 5) is 4.68. The van der Waals surface area contributed by atoms with Crippen LogP contribution in [-0.4, -0.2) is 29.1 Å². The summed E-state index contributed by atoms with van der Waals surface area (Å²) in [6, 6.07) is 21.0. The summed E-state index contributed by atoms with van der Waals surface area (Å²) >= 11 is 0. The molecule has 4 heterocycles. The van der Waals surface area contributed by atoms with Crippen LogP contribution in [0.15, 0.2) is 71.3 Å². The van der Waals surface area contributed by atoms with Gasteiger partial charge >= 0.3 is 0 Å². The fourth-order valence-corrected chi connectivity index (χ4v) is 4.78. The molecule has 1 N–H and O–H groups in total. The van der Waals surface area contributed by atoms with Crippen molar-refractivity contribution < 1.29 is 23.7 Å². The van der Waals surface area contributed by atoms with E-state index < -0.39 is 5.60 Å². The molecule has 4 aromatic rings. The van der Waals surface area contributed by atoms with Crippen LogP contribution in [0.25, 0.3) is 22.1 Å². The van der Waals surface area contributed by atoms with Crippen LogP contribution in [0, 0.1) is 11.3 Å². The maximum Gasteiger partial charge on any atom is 0.161 e. The van der Waals surface area contributed by atoms with Crippen molar-refractivity contribution in [3.63, 3.8) is 0 Å². The lowest BCUT2D eigenvalue weighted by Gasteiger charge is -2.34. The van der Waals surface area contributed by atoms with Gasteiger partial charge in [-0.25, -0.2) is 0 Å². The Balaban J connectivity index is 1.24. The van der Waals surface area contributed by atoms with Gasteiger partial charge in [-0.15, -0.1) is 0 Å². The first-order chi connectivity index (χ1) is 16.6. The van der Waals surface area contributed by atoms with Crippen molar-refractivity contribution in [3.05, 3.63) is 83.9 Å². The van der Waals surface area contributed by atoms with Gasteiger partial charge < -0.3 is 23.7 Å². The van der Waals surface area contributed by atoms with Crippen LogP contribution in [0.4, 0.5) is 0 Å². The summed E-state index contributed by atoms with van der Waals surface area (Å²) in [6.45, 7) is 0.755. The van der Waals surface area contributed by atoms with Gasteiger partial charge in [0.05, 0.1) is 42.0 Å². The number of furan rings is 1. The quantitative estimate of drug-likeness (QED) is 0.468. The summed E-state index contributed by atoms with van der Waals surface area (Å²) in [5, 5.41) is 22.5. The molecule has 2 aliphatic rings. The molecule has 3 atom stereocenters. The number of aromatic nitrogens is 1. The number of ether oxygens (including phenoxy) is 3. The van der Waals surface area contributed by atoms with Crippen molar-refractivity contribution >= 4 is 10.8 Å². The zero-order chi connectivity index (χ0) is 23.1. The zero-order valence-electron chi connectivity index (χ0n) is 18.3. The number of hydrogen-bond donors (Lipinski definition) is 1. The summed E-state index contributed by atoms with van der Waals surface area (Å²) in [5.74, 6) is 1.37. The largest absolute Gasteiger partial charge is 0.487 e. The van der Waals surface area contributed by atoms with Gasteiger partial charge in [-0.2, -0.15) is 5.26 Å². The molecule has 7 nitrogen and oxygen atoms in total. The molecule has 0 saturated carbocycles. The Kier molecular flexibility index (Phi) is 5.07. The molecule has 7 heteroatoms. The van der Waals surface area contributed by atoms with Crippen LogP contribution in [0.5, 0.6) is 5.75 Å². The first-order valence-corrected chi connectivity index (χ1v) is 11.2. The highest BCUT2D eigenvalue weighted by atomic mass is 16.7. The minimum atomic E-state index is -1.07. The van der Waals surface area contributed by atoms with E-state index in [1.54, 1.807) is 6.26 Å². The molecular formula is C27H22N2O5. The predicted molar refractivity (Wildman–Crippen MR) is 123 cm³/mol. The molecule has 6 rings (SSSR count). The van der Waals surface area contributed by atoms with E-state index in [9.17, 15) is 10.4 Å². The number of nitriles is 1. The topological polar surface area (TPSA) is 97.7 Å². The summed E-state index contributed by atoms with van der Waals surface area (Å²) < 4.78 is 22.8. The van der Waals surface area contributed by atoms with Crippen LogP contribution in [-0.2, 0) is 21.7 Å². The second kappa shape index (κ2) is 8.26. The zero-order valence-corrected chi connectivity index (χ0v) is 18.3. The maximum absolute atomic E-state index is 11.2. The first kappa shape index (κ1) is 20.9. The smallest absolute Gasteiger partial charge is 0.161 e. The molecule has 2 aliphatic heterocycles. The van der Waals surface area contributed by atoms with Crippen molar-refractivity contribution in [2.75, 3.05) is 6.61 Å². The lowest BCUT2D eigenvalue weighted by Crippen LogP contribution is -2.40. The van der Waals surface area contributed by atoms with Gasteiger partial charge in [0, 0.05) is 18.4 Å². The number of pyridine rings is 1. The molecular weight excluding hydrogens is 432 g/mol. The molecule has 0 amide bonds. The molecule has 2 saturated heterocycles. The van der Waals surface area contributed by atoms with E-state index in [-0.39, 0.29) is 19.0 Å². The third-order valence-corrected chi connectivity index (χ3v) is 6.39. The normalized spacial score (nSPS) is 23.6. The number of nitrogens with zero attached hydrogens (tertiary/aromatic N) is 2. The molecule has 2 aromatic carbocycles. The Labute approximate surface area is 196 Å². The van der Waals surface area contributed by atoms with Gasteiger partial charge in [-0.1, -0.05) is 6.07 Å². The van der Waals surface area contributed by atoms with E-state index in [1.165, 1.54) is 0 Å². The molecule has 170 valence electrons. The van der Waals surface area contributed by atoms with E-state index in [0.717, 1.165) is 16.3 Å². The Morgan fingerprint density at radius 1 is 1.12 bits per heavy atom. The van der Waals surface area contributed by atoms with Gasteiger partial charge in [0.1, 0.15) is 23.7 Å². The second-order valence-corrected chi connectivity index (χ2v) is 8.76. The average Bonchev–Trinajstić information content (AvgIpc) is 3.52. The fourth-order valence-electron chi connectivity index (χ4n) is 4.78. The first-order valence-electron chi connectivity index (χ1n) is 11.2. The monoisotopic (exact) mass is 454 g/mol. The number of hydrogen-bond acceptors (Lipinski definition) is 7. The lowest BCUT2D eigenvalue weighted by molar-refractivity contribution is -0.160. The Bertz CT molecular complexity index is 1380. The number of aliphatic hydroxyl groups is 1. The molecule has 0 spiro atoms. The van der Waals surface area contributed by atoms with Crippen molar-refractivity contribution in [2.24, 2.45) is 0 Å². The van der Waals surface area contributed by atoms with E-state index in [4.69, 9.17) is 18.6 Å². The van der Waals surface area contributed by atoms with Gasteiger partial charge in [0.15, 0.2) is 6.29 Å². The summed E-state index contributed by atoms with van der Waals surface area (Å²) in [6.07, 6.45) is 1.96. The lowest BCUT2D eigenvalue weighted by atomic mass is 9.87. The van der Waals surface area contributed by atoms with Crippen LogP contribution < -0.4 is 4.74 Å². The average molecular weight is 454 g/mol. The Morgan fingerprint density at radius 3 is 2.88 bits per heavy atom. The molecule has 2 fully saturated rings. The second-order valence-electron chi connectivity index (χ2n) is 8.76. The van der Waals surface area contributed by atoms with Gasteiger partial charge in [0.25, 0.3) is 0 Å². The predicted octanol–water partition coefficient (Wildman–Crippen LogP) is 4.67. The number of benzene rings is 2. The SMILES string of the molecule is N#Cc1cc(-c2ccco2)c2ccc(OCc3cccc([C@@]4(O)C[C@@H]5CO[C@H](C4)O5)n3)cc2c1. The number of rotatable bonds is 5. The van der Waals surface area contributed by atoms with Crippen LogP contribution in [0.3, 0.4) is 0 Å². The highest BCUT2D eigenvalue weighted by molar-refractivity contribution is 5.97. The van der Waals surface area contributed by atoms with Crippen LogP contribution >= 0.6 is 0 Å². The van der Waals surface area contributed by atoms with E-state index >= 15 is 0 Å². The minimum absolute atomic E-state index is 0.104. The highest BCUT2D eigenvalue weighted by Gasteiger charge is 2.46. The molecule has 0 radical (unpaired) electrons. The molecule has 2 aromatic heterocycles. The molecule has 0 aliphatic carbocycles. The third kappa shape index (κ3) is 3.82. The van der Waals surface area contributed by atoms with E-state index in [0.29, 0.717) is 47.9 Å². The van der Waals surface area contributed by atoms with E-state index in [1.807, 2.05) is 60.7 Å². The molecule has 0 unspecified atom stereocenters. The number of fused-ring (bicyclic) bond motifs is 3. The third-order valence-electron chi connectivity index (χ3n) is 6.39. The van der Waals surface area contributed by atoms with E-state index in [2.05, 4.69) is 11.1 Å². The van der Waals surface area contributed by atoms with Gasteiger partial charge in [-0.05, 0) is 65.4 Å². The maximum atomic E-state index is 11.2. The van der Waals surface area contributed by atoms with Crippen LogP contribution in [0.2, 0.25) is 0 Å². The summed E-state index contributed by atoms with van der Waals surface area (Å²) in [7, 11) is 0. The van der Waals surface area contributed by atoms with Crippen LogP contribution in [0.1, 0.15) is 29.8 Å². The van der Waals surface area contributed by atoms with Crippen molar-refractivity contribution in [2.45, 2.75) is 37.4 Å². The highest BCUT2D eigenvalue weighted by Crippen LogP contribution is 2.40. The van der Waals surface area contributed by atoms with Gasteiger partial charge in [-0.3, -0.25) is 4.98 Å². The molecule has 34 heavy (non-hydrogen) atoms. The van der Waals surface area contributed by atoms with Crippen molar-refractivity contribution in [3.8, 4) is 23.1 Å².